The van der Waals surface area contributed by atoms with Crippen molar-refractivity contribution < 1.29 is 5.11 Å². The third-order valence-corrected chi connectivity index (χ3v) is 2.48. The van der Waals surface area contributed by atoms with Crippen molar-refractivity contribution in [3.05, 3.63) is 41.5 Å². The van der Waals surface area contributed by atoms with Crippen LogP contribution in [0.1, 0.15) is 30.6 Å². The molecule has 1 aromatic carbocycles. The second kappa shape index (κ2) is 5.99. The summed E-state index contributed by atoms with van der Waals surface area (Å²) in [6.45, 7) is 1.79. The van der Waals surface area contributed by atoms with Gasteiger partial charge in [-0.25, -0.2) is 0 Å². The molecule has 0 radical (unpaired) electrons. The maximum atomic E-state index is 9.52. The van der Waals surface area contributed by atoms with E-state index >= 15 is 0 Å². The minimum atomic E-state index is -0.403. The molecule has 1 atom stereocenters. The van der Waals surface area contributed by atoms with Crippen molar-refractivity contribution in [2.24, 2.45) is 0 Å². The van der Waals surface area contributed by atoms with Crippen molar-refractivity contribution in [2.75, 3.05) is 5.33 Å². The summed E-state index contributed by atoms with van der Waals surface area (Å²) in [5, 5.41) is 10.5. The topological polar surface area (TPSA) is 20.2 Å². The molecular weight excluding hydrogens is 240 g/mol. The Morgan fingerprint density at radius 1 is 1.43 bits per heavy atom. The van der Waals surface area contributed by atoms with Crippen LogP contribution in [0.2, 0.25) is 0 Å². The minimum Gasteiger partial charge on any atom is -0.389 e. The van der Waals surface area contributed by atoms with Crippen LogP contribution in [0.15, 0.2) is 30.3 Å². The molecule has 0 saturated carbocycles. The van der Waals surface area contributed by atoms with E-state index in [0.29, 0.717) is 0 Å². The van der Waals surface area contributed by atoms with E-state index in [1.54, 1.807) is 6.92 Å². The molecule has 1 nitrogen and oxygen atoms in total. The average Bonchev–Trinajstić information content (AvgIpc) is 2.19. The van der Waals surface area contributed by atoms with Crippen molar-refractivity contribution >= 4 is 22.0 Å². The highest BCUT2D eigenvalue weighted by Crippen LogP contribution is 2.18. The van der Waals surface area contributed by atoms with Gasteiger partial charge in [-0.1, -0.05) is 52.3 Å². The molecule has 2 heteroatoms. The minimum absolute atomic E-state index is 0.403. The van der Waals surface area contributed by atoms with Gasteiger partial charge < -0.3 is 5.11 Å². The highest BCUT2D eigenvalue weighted by molar-refractivity contribution is 9.09. The van der Waals surface area contributed by atoms with Gasteiger partial charge in [0.25, 0.3) is 0 Å². The standard InChI is InChI=1S/C12H15BrO/c1-10(14)12-8-3-2-6-11(12)7-4-5-9-13/h2-4,6-8,10,14H,5,9H2,1H3/b7-4+. The molecular formula is C12H15BrO. The maximum Gasteiger partial charge on any atom is 0.0767 e. The van der Waals surface area contributed by atoms with E-state index in [0.717, 1.165) is 22.9 Å². The van der Waals surface area contributed by atoms with Crippen LogP contribution in [-0.4, -0.2) is 10.4 Å². The molecule has 1 rings (SSSR count). The smallest absolute Gasteiger partial charge is 0.0767 e. The predicted molar refractivity (Wildman–Crippen MR) is 64.5 cm³/mol. The van der Waals surface area contributed by atoms with Gasteiger partial charge in [0.1, 0.15) is 0 Å². The van der Waals surface area contributed by atoms with E-state index in [4.69, 9.17) is 0 Å². The first kappa shape index (κ1) is 11.5. The lowest BCUT2D eigenvalue weighted by Crippen LogP contribution is -1.93. The van der Waals surface area contributed by atoms with Crippen LogP contribution in [-0.2, 0) is 0 Å². The van der Waals surface area contributed by atoms with Crippen LogP contribution in [0.5, 0.6) is 0 Å². The Balaban J connectivity index is 2.84. The van der Waals surface area contributed by atoms with Crippen molar-refractivity contribution in [2.45, 2.75) is 19.4 Å². The Labute approximate surface area is 93.6 Å². The molecule has 0 aliphatic carbocycles. The molecule has 0 aromatic heterocycles. The fourth-order valence-electron chi connectivity index (χ4n) is 1.32. The summed E-state index contributed by atoms with van der Waals surface area (Å²) in [5.41, 5.74) is 2.08. The molecule has 0 spiro atoms. The number of aliphatic hydroxyl groups excluding tert-OH is 1. The number of hydrogen-bond donors (Lipinski definition) is 1. The van der Waals surface area contributed by atoms with Crippen LogP contribution in [0.4, 0.5) is 0 Å². The largest absolute Gasteiger partial charge is 0.389 e. The summed E-state index contributed by atoms with van der Waals surface area (Å²) in [7, 11) is 0. The van der Waals surface area contributed by atoms with Gasteiger partial charge in [-0.15, -0.1) is 0 Å². The highest BCUT2D eigenvalue weighted by atomic mass is 79.9. The third-order valence-electron chi connectivity index (χ3n) is 2.02. The summed E-state index contributed by atoms with van der Waals surface area (Å²) in [6.07, 6.45) is 4.77. The van der Waals surface area contributed by atoms with E-state index in [9.17, 15) is 5.11 Å². The molecule has 0 saturated heterocycles. The van der Waals surface area contributed by atoms with Gasteiger partial charge in [-0.3, -0.25) is 0 Å². The molecule has 76 valence electrons. The SMILES string of the molecule is CC(O)c1ccccc1/C=C/CCBr. The number of allylic oxidation sites excluding steroid dienone is 1. The summed E-state index contributed by atoms with van der Waals surface area (Å²) in [6, 6.07) is 7.91. The Morgan fingerprint density at radius 2 is 2.14 bits per heavy atom. The first-order chi connectivity index (χ1) is 6.75. The summed E-state index contributed by atoms with van der Waals surface area (Å²) >= 11 is 3.37. The van der Waals surface area contributed by atoms with Gasteiger partial charge in [-0.05, 0) is 24.5 Å². The summed E-state index contributed by atoms with van der Waals surface area (Å²) in [5.74, 6) is 0. The van der Waals surface area contributed by atoms with E-state index in [-0.39, 0.29) is 0 Å². The van der Waals surface area contributed by atoms with E-state index in [2.05, 4.69) is 28.1 Å². The molecule has 0 aliphatic rings. The Hall–Kier alpha value is -0.600. The zero-order valence-electron chi connectivity index (χ0n) is 8.28. The van der Waals surface area contributed by atoms with Crippen LogP contribution in [0.3, 0.4) is 0 Å². The van der Waals surface area contributed by atoms with Gasteiger partial charge in [0, 0.05) is 5.33 Å². The van der Waals surface area contributed by atoms with Crippen molar-refractivity contribution in [1.82, 2.24) is 0 Å². The molecule has 0 amide bonds. The first-order valence-corrected chi connectivity index (χ1v) is 5.87. The second-order valence-electron chi connectivity index (χ2n) is 3.18. The number of aliphatic hydroxyl groups is 1. The van der Waals surface area contributed by atoms with Crippen LogP contribution < -0.4 is 0 Å². The first-order valence-electron chi connectivity index (χ1n) is 4.75. The van der Waals surface area contributed by atoms with Gasteiger partial charge in [-0.2, -0.15) is 0 Å². The zero-order chi connectivity index (χ0) is 10.4. The van der Waals surface area contributed by atoms with E-state index in [1.165, 1.54) is 0 Å². The number of benzene rings is 1. The number of halogens is 1. The zero-order valence-corrected chi connectivity index (χ0v) is 9.87. The van der Waals surface area contributed by atoms with E-state index < -0.39 is 6.10 Å². The van der Waals surface area contributed by atoms with Gasteiger partial charge in [0.15, 0.2) is 0 Å². The average molecular weight is 255 g/mol. The predicted octanol–water partition coefficient (Wildman–Crippen LogP) is 3.54. The van der Waals surface area contributed by atoms with Gasteiger partial charge in [0.2, 0.25) is 0 Å². The number of rotatable bonds is 4. The van der Waals surface area contributed by atoms with Gasteiger partial charge >= 0.3 is 0 Å². The number of alkyl halides is 1. The lowest BCUT2D eigenvalue weighted by Gasteiger charge is -2.07. The van der Waals surface area contributed by atoms with E-state index in [1.807, 2.05) is 24.3 Å². The summed E-state index contributed by atoms with van der Waals surface area (Å²) < 4.78 is 0. The Bertz CT molecular complexity index is 305. The normalized spacial score (nSPS) is 13.4. The Morgan fingerprint density at radius 3 is 2.79 bits per heavy atom. The molecule has 0 bridgehead atoms. The fourth-order valence-corrected chi connectivity index (χ4v) is 1.58. The molecule has 1 unspecified atom stereocenters. The molecule has 1 N–H and O–H groups in total. The molecule has 0 fully saturated rings. The monoisotopic (exact) mass is 254 g/mol. The Kier molecular flexibility index (Phi) is 4.91. The lowest BCUT2D eigenvalue weighted by molar-refractivity contribution is 0.199. The lowest BCUT2D eigenvalue weighted by atomic mass is 10.0. The molecule has 1 aromatic rings. The van der Waals surface area contributed by atoms with Gasteiger partial charge in [0.05, 0.1) is 6.10 Å². The maximum absolute atomic E-state index is 9.52. The molecule has 14 heavy (non-hydrogen) atoms. The summed E-state index contributed by atoms with van der Waals surface area (Å²) in [4.78, 5) is 0. The van der Waals surface area contributed by atoms with Crippen molar-refractivity contribution in [3.63, 3.8) is 0 Å². The highest BCUT2D eigenvalue weighted by Gasteiger charge is 2.03. The van der Waals surface area contributed by atoms with Crippen LogP contribution >= 0.6 is 15.9 Å². The number of hydrogen-bond acceptors (Lipinski definition) is 1. The van der Waals surface area contributed by atoms with Crippen LogP contribution in [0, 0.1) is 0 Å². The third kappa shape index (κ3) is 3.28. The second-order valence-corrected chi connectivity index (χ2v) is 3.98. The van der Waals surface area contributed by atoms with Crippen molar-refractivity contribution in [3.8, 4) is 0 Å². The van der Waals surface area contributed by atoms with Crippen molar-refractivity contribution in [1.29, 1.82) is 0 Å². The van der Waals surface area contributed by atoms with Crippen LogP contribution in [0.25, 0.3) is 6.08 Å². The molecule has 0 heterocycles. The quantitative estimate of drug-likeness (QED) is 0.816. The molecule has 0 aliphatic heterocycles. The fraction of sp³-hybridized carbons (Fsp3) is 0.333.